The molecular formula is C25H48N2O. The zero-order chi connectivity index (χ0) is 20.5. The van der Waals surface area contributed by atoms with Crippen molar-refractivity contribution in [3.05, 3.63) is 0 Å². The molecule has 2 fully saturated rings. The van der Waals surface area contributed by atoms with Gasteiger partial charge in [0.15, 0.2) is 0 Å². The first-order valence-corrected chi connectivity index (χ1v) is 12.5. The highest BCUT2D eigenvalue weighted by atomic mass is 16.2. The molecule has 1 amide bonds. The van der Waals surface area contributed by atoms with Crippen LogP contribution in [-0.4, -0.2) is 48.4 Å². The van der Waals surface area contributed by atoms with Gasteiger partial charge in [-0.2, -0.15) is 0 Å². The predicted molar refractivity (Wildman–Crippen MR) is 121 cm³/mol. The summed E-state index contributed by atoms with van der Waals surface area (Å²) in [5.74, 6) is 0.414. The minimum atomic E-state index is 0.414. The average Bonchev–Trinajstić information content (AvgIpc) is 2.67. The number of amides is 1. The number of carbonyl (C=O) groups excluding carboxylic acids is 1. The van der Waals surface area contributed by atoms with Crippen molar-refractivity contribution in [3.63, 3.8) is 0 Å². The summed E-state index contributed by atoms with van der Waals surface area (Å²) in [7, 11) is 0. The summed E-state index contributed by atoms with van der Waals surface area (Å²) < 4.78 is 0. The summed E-state index contributed by atoms with van der Waals surface area (Å²) in [5, 5.41) is 0. The van der Waals surface area contributed by atoms with Gasteiger partial charge in [0.1, 0.15) is 0 Å². The van der Waals surface area contributed by atoms with Crippen LogP contribution in [-0.2, 0) is 4.79 Å². The summed E-state index contributed by atoms with van der Waals surface area (Å²) in [6, 6.07) is 0. The van der Waals surface area contributed by atoms with Crippen molar-refractivity contribution in [2.45, 2.75) is 111 Å². The highest BCUT2D eigenvalue weighted by Gasteiger charge is 2.44. The van der Waals surface area contributed by atoms with E-state index in [1.165, 1.54) is 90.3 Å². The molecule has 3 nitrogen and oxygen atoms in total. The van der Waals surface area contributed by atoms with Crippen LogP contribution in [0.2, 0.25) is 0 Å². The number of nitrogens with zero attached hydrogens (tertiary/aromatic N) is 2. The first-order chi connectivity index (χ1) is 13.5. The standard InChI is InChI=1S/C25H48N2O/c1-5-8-9-10-11-13-23(28)27-19-16-25(17-20-27)21-26(22-25)18-12-15-24(4,7-3)14-6-2/h5-22H2,1-4H3. The Balaban J connectivity index is 1.58. The highest BCUT2D eigenvalue weighted by molar-refractivity contribution is 5.76. The number of likely N-dealkylation sites (tertiary alicyclic amines) is 2. The Labute approximate surface area is 175 Å². The molecule has 0 radical (unpaired) electrons. The van der Waals surface area contributed by atoms with Gasteiger partial charge in [-0.1, -0.05) is 66.2 Å². The van der Waals surface area contributed by atoms with Gasteiger partial charge in [0.2, 0.25) is 5.91 Å². The largest absolute Gasteiger partial charge is 0.343 e. The second kappa shape index (κ2) is 11.6. The van der Waals surface area contributed by atoms with Crippen LogP contribution >= 0.6 is 0 Å². The molecule has 2 aliphatic heterocycles. The minimum absolute atomic E-state index is 0.414. The fraction of sp³-hybridized carbons (Fsp3) is 0.960. The maximum atomic E-state index is 12.4. The number of hydrogen-bond acceptors (Lipinski definition) is 2. The third kappa shape index (κ3) is 7.04. The maximum Gasteiger partial charge on any atom is 0.222 e. The number of piperidine rings is 1. The van der Waals surface area contributed by atoms with Gasteiger partial charge in [0.05, 0.1) is 0 Å². The number of carbonyl (C=O) groups is 1. The van der Waals surface area contributed by atoms with E-state index in [0.717, 1.165) is 25.9 Å². The molecule has 2 saturated heterocycles. The average molecular weight is 393 g/mol. The van der Waals surface area contributed by atoms with Crippen LogP contribution in [0.4, 0.5) is 0 Å². The van der Waals surface area contributed by atoms with Gasteiger partial charge in [-0.25, -0.2) is 0 Å². The van der Waals surface area contributed by atoms with Crippen LogP contribution in [0.25, 0.3) is 0 Å². The van der Waals surface area contributed by atoms with Crippen molar-refractivity contribution < 1.29 is 4.79 Å². The van der Waals surface area contributed by atoms with Crippen molar-refractivity contribution in [2.75, 3.05) is 32.7 Å². The molecule has 0 aromatic heterocycles. The molecule has 0 aromatic carbocycles. The molecule has 0 N–H and O–H groups in total. The van der Waals surface area contributed by atoms with Gasteiger partial charge in [-0.15, -0.1) is 0 Å². The summed E-state index contributed by atoms with van der Waals surface area (Å²) in [5.41, 5.74) is 1.09. The van der Waals surface area contributed by atoms with Crippen LogP contribution in [0.3, 0.4) is 0 Å². The third-order valence-corrected chi connectivity index (χ3v) is 7.75. The van der Waals surface area contributed by atoms with E-state index in [2.05, 4.69) is 37.5 Å². The molecule has 2 rings (SSSR count). The second-order valence-electron chi connectivity index (χ2n) is 10.3. The van der Waals surface area contributed by atoms with Crippen LogP contribution in [0.1, 0.15) is 111 Å². The molecule has 1 unspecified atom stereocenters. The van der Waals surface area contributed by atoms with E-state index in [1.807, 2.05) is 0 Å². The molecule has 1 atom stereocenters. The molecule has 164 valence electrons. The monoisotopic (exact) mass is 392 g/mol. The first kappa shape index (κ1) is 23.7. The Bertz CT molecular complexity index is 447. The van der Waals surface area contributed by atoms with Crippen LogP contribution in [0.5, 0.6) is 0 Å². The third-order valence-electron chi connectivity index (χ3n) is 7.75. The van der Waals surface area contributed by atoms with Crippen molar-refractivity contribution in [1.29, 1.82) is 0 Å². The first-order valence-electron chi connectivity index (χ1n) is 12.5. The van der Waals surface area contributed by atoms with E-state index in [4.69, 9.17) is 0 Å². The Morgan fingerprint density at radius 3 is 2.18 bits per heavy atom. The molecule has 0 aromatic rings. The van der Waals surface area contributed by atoms with E-state index >= 15 is 0 Å². The summed E-state index contributed by atoms with van der Waals surface area (Å²) in [6.45, 7) is 15.2. The topological polar surface area (TPSA) is 23.6 Å². The molecule has 28 heavy (non-hydrogen) atoms. The lowest BCUT2D eigenvalue weighted by Gasteiger charge is -2.54. The molecule has 2 heterocycles. The minimum Gasteiger partial charge on any atom is -0.343 e. The van der Waals surface area contributed by atoms with Crippen molar-refractivity contribution in [1.82, 2.24) is 9.80 Å². The Hall–Kier alpha value is -0.570. The zero-order valence-electron chi connectivity index (χ0n) is 19.5. The fourth-order valence-corrected chi connectivity index (χ4v) is 5.46. The molecule has 0 bridgehead atoms. The van der Waals surface area contributed by atoms with E-state index in [9.17, 15) is 4.79 Å². The van der Waals surface area contributed by atoms with Gasteiger partial charge < -0.3 is 9.80 Å². The fourth-order valence-electron chi connectivity index (χ4n) is 5.46. The molecule has 3 heteroatoms. The van der Waals surface area contributed by atoms with Crippen molar-refractivity contribution in [2.24, 2.45) is 10.8 Å². The van der Waals surface area contributed by atoms with E-state index in [-0.39, 0.29) is 0 Å². The Morgan fingerprint density at radius 1 is 0.893 bits per heavy atom. The zero-order valence-corrected chi connectivity index (χ0v) is 19.5. The Morgan fingerprint density at radius 2 is 1.57 bits per heavy atom. The SMILES string of the molecule is CCCCCCCC(=O)N1CCC2(CC1)CN(CCCC(C)(CC)CCC)C2. The smallest absolute Gasteiger partial charge is 0.222 e. The summed E-state index contributed by atoms with van der Waals surface area (Å²) >= 11 is 0. The van der Waals surface area contributed by atoms with E-state index in [0.29, 0.717) is 16.7 Å². The molecule has 2 aliphatic rings. The quantitative estimate of drug-likeness (QED) is 0.345. The maximum absolute atomic E-state index is 12.4. The van der Waals surface area contributed by atoms with Gasteiger partial charge in [0.25, 0.3) is 0 Å². The van der Waals surface area contributed by atoms with Crippen LogP contribution in [0, 0.1) is 10.8 Å². The van der Waals surface area contributed by atoms with Crippen molar-refractivity contribution >= 4 is 5.91 Å². The number of rotatable bonds is 13. The van der Waals surface area contributed by atoms with E-state index in [1.54, 1.807) is 0 Å². The highest BCUT2D eigenvalue weighted by Crippen LogP contribution is 2.41. The molecular weight excluding hydrogens is 344 g/mol. The summed E-state index contributed by atoms with van der Waals surface area (Å²) in [6.07, 6.45) is 16.1. The lowest BCUT2D eigenvalue weighted by molar-refractivity contribution is -0.136. The normalized spacial score (nSPS) is 21.5. The Kier molecular flexibility index (Phi) is 9.80. The molecule has 1 spiro atoms. The predicted octanol–water partition coefficient (Wildman–Crippen LogP) is 6.27. The lowest BCUT2D eigenvalue weighted by Crippen LogP contribution is -2.60. The van der Waals surface area contributed by atoms with Crippen LogP contribution in [0.15, 0.2) is 0 Å². The molecule has 0 aliphatic carbocycles. The van der Waals surface area contributed by atoms with Gasteiger partial charge in [-0.05, 0) is 55.9 Å². The molecule has 0 saturated carbocycles. The summed E-state index contributed by atoms with van der Waals surface area (Å²) in [4.78, 5) is 17.3. The van der Waals surface area contributed by atoms with E-state index < -0.39 is 0 Å². The van der Waals surface area contributed by atoms with Gasteiger partial charge in [-0.3, -0.25) is 4.79 Å². The van der Waals surface area contributed by atoms with Gasteiger partial charge >= 0.3 is 0 Å². The van der Waals surface area contributed by atoms with Gasteiger partial charge in [0, 0.05) is 32.6 Å². The second-order valence-corrected chi connectivity index (χ2v) is 10.3. The lowest BCUT2D eigenvalue weighted by atomic mass is 9.71. The number of hydrogen-bond donors (Lipinski definition) is 0. The van der Waals surface area contributed by atoms with Crippen LogP contribution < -0.4 is 0 Å². The van der Waals surface area contributed by atoms with Crippen molar-refractivity contribution in [3.8, 4) is 0 Å². The number of unbranched alkanes of at least 4 members (excludes halogenated alkanes) is 4.